The first kappa shape index (κ1) is 15.3. The number of nitrogens with one attached hydrogen (secondary N) is 1. The minimum absolute atomic E-state index is 0.0394. The average molecular weight is 282 g/mol. The Morgan fingerprint density at radius 3 is 2.75 bits per heavy atom. The van der Waals surface area contributed by atoms with Gasteiger partial charge in [-0.05, 0) is 25.2 Å². The Kier molecular flexibility index (Phi) is 4.68. The Labute approximate surface area is 121 Å². The summed E-state index contributed by atoms with van der Waals surface area (Å²) in [6.07, 6.45) is 3.12. The number of ether oxygens (including phenoxy) is 1. The van der Waals surface area contributed by atoms with E-state index in [0.717, 1.165) is 25.8 Å². The Morgan fingerprint density at radius 2 is 2.15 bits per heavy atom. The van der Waals surface area contributed by atoms with Crippen molar-refractivity contribution in [1.29, 1.82) is 0 Å². The van der Waals surface area contributed by atoms with Crippen molar-refractivity contribution in [2.24, 2.45) is 11.3 Å². The molecule has 114 valence electrons. The first-order chi connectivity index (χ1) is 9.47. The van der Waals surface area contributed by atoms with E-state index in [0.29, 0.717) is 19.7 Å². The van der Waals surface area contributed by atoms with Gasteiger partial charge in [-0.2, -0.15) is 0 Å². The average Bonchev–Trinajstić information content (AvgIpc) is 2.78. The summed E-state index contributed by atoms with van der Waals surface area (Å²) in [4.78, 5) is 26.6. The van der Waals surface area contributed by atoms with Gasteiger partial charge in [0.25, 0.3) is 0 Å². The van der Waals surface area contributed by atoms with Crippen molar-refractivity contribution in [3.63, 3.8) is 0 Å². The number of amides is 1. The van der Waals surface area contributed by atoms with Crippen LogP contribution in [-0.2, 0) is 14.3 Å². The second-order valence-electron chi connectivity index (χ2n) is 6.44. The van der Waals surface area contributed by atoms with Gasteiger partial charge < -0.3 is 15.0 Å². The lowest BCUT2D eigenvalue weighted by Crippen LogP contribution is -2.59. The van der Waals surface area contributed by atoms with Crippen LogP contribution >= 0.6 is 0 Å². The summed E-state index contributed by atoms with van der Waals surface area (Å²) in [5.74, 6) is -0.117. The van der Waals surface area contributed by atoms with Crippen molar-refractivity contribution in [2.45, 2.75) is 46.1 Å². The standard InChI is InChI=1S/C15H26N2O3/c1-4-20-14(19)12-10-16-8-9-17(12)13(18)11-6-5-7-15(11,2)3/h11-12,16H,4-10H2,1-3H3. The van der Waals surface area contributed by atoms with E-state index in [4.69, 9.17) is 4.74 Å². The second kappa shape index (κ2) is 6.12. The predicted octanol–water partition coefficient (Wildman–Crippen LogP) is 1.18. The molecule has 0 aromatic rings. The number of piperazine rings is 1. The molecule has 1 N–H and O–H groups in total. The molecule has 2 aliphatic rings. The van der Waals surface area contributed by atoms with Crippen molar-refractivity contribution in [2.75, 3.05) is 26.2 Å². The van der Waals surface area contributed by atoms with Crippen molar-refractivity contribution >= 4 is 11.9 Å². The zero-order valence-electron chi connectivity index (χ0n) is 12.8. The van der Waals surface area contributed by atoms with Gasteiger partial charge in [0.05, 0.1) is 6.61 Å². The highest BCUT2D eigenvalue weighted by Gasteiger charge is 2.44. The van der Waals surface area contributed by atoms with Gasteiger partial charge in [0.15, 0.2) is 0 Å². The quantitative estimate of drug-likeness (QED) is 0.790. The van der Waals surface area contributed by atoms with Gasteiger partial charge in [0.1, 0.15) is 6.04 Å². The fourth-order valence-electron chi connectivity index (χ4n) is 3.40. The fourth-order valence-corrected chi connectivity index (χ4v) is 3.40. The fraction of sp³-hybridized carbons (Fsp3) is 0.867. The largest absolute Gasteiger partial charge is 0.464 e. The van der Waals surface area contributed by atoms with Crippen molar-refractivity contribution in [3.8, 4) is 0 Å². The summed E-state index contributed by atoms with van der Waals surface area (Å²) < 4.78 is 5.10. The molecular formula is C15H26N2O3. The highest BCUT2D eigenvalue weighted by Crippen LogP contribution is 2.43. The molecular weight excluding hydrogens is 256 g/mol. The molecule has 0 aromatic carbocycles. The molecule has 0 radical (unpaired) electrons. The van der Waals surface area contributed by atoms with Crippen LogP contribution in [0.5, 0.6) is 0 Å². The van der Waals surface area contributed by atoms with Gasteiger partial charge in [0.2, 0.25) is 5.91 Å². The van der Waals surface area contributed by atoms with Crippen LogP contribution in [0.25, 0.3) is 0 Å². The van der Waals surface area contributed by atoms with E-state index in [1.54, 1.807) is 11.8 Å². The molecule has 0 spiro atoms. The third-order valence-corrected chi connectivity index (χ3v) is 4.64. The lowest BCUT2D eigenvalue weighted by atomic mass is 9.80. The summed E-state index contributed by atoms with van der Waals surface area (Å²) in [5.41, 5.74) is 0.0428. The second-order valence-corrected chi connectivity index (χ2v) is 6.44. The molecule has 0 aromatic heterocycles. The molecule has 5 nitrogen and oxygen atoms in total. The molecule has 1 saturated carbocycles. The molecule has 2 unspecified atom stereocenters. The van der Waals surface area contributed by atoms with Crippen LogP contribution in [0.3, 0.4) is 0 Å². The Bertz CT molecular complexity index is 381. The number of carbonyl (C=O) groups excluding carboxylic acids is 2. The van der Waals surface area contributed by atoms with Crippen molar-refractivity contribution in [1.82, 2.24) is 10.2 Å². The van der Waals surface area contributed by atoms with E-state index in [9.17, 15) is 9.59 Å². The monoisotopic (exact) mass is 282 g/mol. The molecule has 1 amide bonds. The molecule has 1 aliphatic carbocycles. The maximum absolute atomic E-state index is 12.8. The number of nitrogens with zero attached hydrogens (tertiary/aromatic N) is 1. The van der Waals surface area contributed by atoms with Gasteiger partial charge in [0, 0.05) is 25.6 Å². The van der Waals surface area contributed by atoms with Crippen LogP contribution in [0.1, 0.15) is 40.0 Å². The molecule has 5 heteroatoms. The van der Waals surface area contributed by atoms with Crippen LogP contribution in [0.2, 0.25) is 0 Å². The minimum Gasteiger partial charge on any atom is -0.464 e. The van der Waals surface area contributed by atoms with Crippen LogP contribution in [0.15, 0.2) is 0 Å². The summed E-state index contributed by atoms with van der Waals surface area (Å²) >= 11 is 0. The Morgan fingerprint density at radius 1 is 1.40 bits per heavy atom. The summed E-state index contributed by atoms with van der Waals surface area (Å²) in [5, 5.41) is 3.18. The molecule has 1 aliphatic heterocycles. The van der Waals surface area contributed by atoms with E-state index in [1.165, 1.54) is 0 Å². The number of hydrogen-bond acceptors (Lipinski definition) is 4. The first-order valence-corrected chi connectivity index (χ1v) is 7.65. The van der Waals surface area contributed by atoms with Crippen molar-refractivity contribution < 1.29 is 14.3 Å². The smallest absolute Gasteiger partial charge is 0.330 e. The third-order valence-electron chi connectivity index (χ3n) is 4.64. The van der Waals surface area contributed by atoms with Crippen LogP contribution in [0.4, 0.5) is 0 Å². The van der Waals surface area contributed by atoms with Crippen molar-refractivity contribution in [3.05, 3.63) is 0 Å². The molecule has 2 rings (SSSR count). The lowest BCUT2D eigenvalue weighted by Gasteiger charge is -2.38. The topological polar surface area (TPSA) is 58.6 Å². The highest BCUT2D eigenvalue weighted by molar-refractivity contribution is 5.87. The number of carbonyl (C=O) groups is 2. The Hall–Kier alpha value is -1.10. The van der Waals surface area contributed by atoms with E-state index in [2.05, 4.69) is 19.2 Å². The number of rotatable bonds is 3. The number of esters is 1. The van der Waals surface area contributed by atoms with E-state index in [1.807, 2.05) is 0 Å². The number of hydrogen-bond donors (Lipinski definition) is 1. The van der Waals surface area contributed by atoms with Crippen LogP contribution in [0, 0.1) is 11.3 Å². The van der Waals surface area contributed by atoms with Gasteiger partial charge in [-0.1, -0.05) is 20.3 Å². The zero-order chi connectivity index (χ0) is 14.8. The summed E-state index contributed by atoms with van der Waals surface area (Å²) in [6, 6.07) is -0.465. The van der Waals surface area contributed by atoms with Crippen LogP contribution in [-0.4, -0.2) is 49.1 Å². The first-order valence-electron chi connectivity index (χ1n) is 7.65. The molecule has 2 atom stereocenters. The maximum Gasteiger partial charge on any atom is 0.330 e. The molecule has 0 bridgehead atoms. The van der Waals surface area contributed by atoms with E-state index in [-0.39, 0.29) is 23.2 Å². The summed E-state index contributed by atoms with van der Waals surface area (Å²) in [6.45, 7) is 8.29. The molecule has 20 heavy (non-hydrogen) atoms. The highest BCUT2D eigenvalue weighted by atomic mass is 16.5. The van der Waals surface area contributed by atoms with E-state index < -0.39 is 6.04 Å². The Balaban J connectivity index is 2.11. The van der Waals surface area contributed by atoms with Crippen LogP contribution < -0.4 is 5.32 Å². The molecule has 1 saturated heterocycles. The van der Waals surface area contributed by atoms with Gasteiger partial charge in [-0.3, -0.25) is 4.79 Å². The SMILES string of the molecule is CCOC(=O)C1CNCCN1C(=O)C1CCCC1(C)C. The third kappa shape index (κ3) is 2.97. The predicted molar refractivity (Wildman–Crippen MR) is 76.1 cm³/mol. The zero-order valence-corrected chi connectivity index (χ0v) is 12.8. The van der Waals surface area contributed by atoms with Gasteiger partial charge >= 0.3 is 5.97 Å². The molecule has 1 heterocycles. The normalized spacial score (nSPS) is 29.2. The lowest BCUT2D eigenvalue weighted by molar-refractivity contribution is -0.158. The maximum atomic E-state index is 12.8. The van der Waals surface area contributed by atoms with Gasteiger partial charge in [-0.15, -0.1) is 0 Å². The van der Waals surface area contributed by atoms with E-state index >= 15 is 0 Å². The summed E-state index contributed by atoms with van der Waals surface area (Å²) in [7, 11) is 0. The minimum atomic E-state index is -0.465. The molecule has 2 fully saturated rings. The van der Waals surface area contributed by atoms with Gasteiger partial charge in [-0.25, -0.2) is 4.79 Å².